The first kappa shape index (κ1) is 51.4. The van der Waals surface area contributed by atoms with Gasteiger partial charge in [-0.1, -0.05) is 259 Å². The zero-order chi connectivity index (χ0) is 37.2. The highest BCUT2D eigenvalue weighted by atomic mass is 33.9. The molecule has 306 valence electrons. The molecule has 0 N–H and O–H groups in total. The summed E-state index contributed by atoms with van der Waals surface area (Å²) in [5.41, 5.74) is 0. The Morgan fingerprint density at radius 2 is 0.460 bits per heavy atom. The zero-order valence-corrected chi connectivity index (χ0v) is 39.0. The molecule has 0 saturated carbocycles. The Kier molecular flexibility index (Phi) is 32.5. The molecule has 0 aromatic heterocycles. The standard InChI is InChI=1S/C46H98S4/c1-6-9-12-15-18-21-24-26-27-30-33-36-39-42-45-50(47,48,49,44-41-38-35-32-29-25-22-19-16-13-10-7-2)46(4,5)43-40-37-34-31-28-23-20-17-14-11-8-3/h47-49H,6-45H2,1-5H3. The van der Waals surface area contributed by atoms with Gasteiger partial charge in [0, 0.05) is 4.75 Å². The van der Waals surface area contributed by atoms with E-state index in [-0.39, 0.29) is 4.75 Å². The molecule has 0 bridgehead atoms. The van der Waals surface area contributed by atoms with E-state index in [1.807, 2.05) is 0 Å². The average molecular weight is 780 g/mol. The molecule has 0 spiro atoms. The minimum absolute atomic E-state index is 0.0585. The van der Waals surface area contributed by atoms with Crippen LogP contribution in [0.15, 0.2) is 0 Å². The van der Waals surface area contributed by atoms with Gasteiger partial charge < -0.3 is 0 Å². The number of thiol groups is 3. The molecular weight excluding hydrogens is 681 g/mol. The van der Waals surface area contributed by atoms with Crippen molar-refractivity contribution in [2.45, 2.75) is 283 Å². The first-order valence-electron chi connectivity index (χ1n) is 23.3. The van der Waals surface area contributed by atoms with Gasteiger partial charge in [-0.25, -0.2) is 0 Å². The molecule has 0 saturated heterocycles. The molecule has 0 amide bonds. The van der Waals surface area contributed by atoms with Gasteiger partial charge in [0.05, 0.1) is 0 Å². The maximum Gasteiger partial charge on any atom is 0.00475 e. The maximum atomic E-state index is 5.79. The highest BCUT2D eigenvalue weighted by Gasteiger charge is 2.60. The Bertz CT molecular complexity index is 721. The van der Waals surface area contributed by atoms with Crippen molar-refractivity contribution in [2.75, 3.05) is 11.5 Å². The summed E-state index contributed by atoms with van der Waals surface area (Å²) in [5.74, 6) is 2.21. The van der Waals surface area contributed by atoms with Crippen LogP contribution in [0.25, 0.3) is 0 Å². The maximum absolute atomic E-state index is 5.79. The van der Waals surface area contributed by atoms with Crippen LogP contribution < -0.4 is 0 Å². The topological polar surface area (TPSA) is 0 Å². The second-order valence-electron chi connectivity index (χ2n) is 17.7. The summed E-state index contributed by atoms with van der Waals surface area (Å²) < 4.78 is 0.0585. The molecule has 0 heterocycles. The normalized spacial score (nSPS) is 13.9. The fraction of sp³-hybridized carbons (Fsp3) is 1.00. The third-order valence-corrected chi connectivity index (χ3v) is 26.1. The first-order valence-corrected chi connectivity index (χ1v) is 29.2. The number of rotatable bonds is 41. The zero-order valence-electron chi connectivity index (χ0n) is 35.5. The molecule has 0 aliphatic heterocycles. The molecule has 0 aromatic rings. The lowest BCUT2D eigenvalue weighted by atomic mass is 10.0. The van der Waals surface area contributed by atoms with Crippen LogP contribution in [0, 0.1) is 0 Å². The van der Waals surface area contributed by atoms with Gasteiger partial charge >= 0.3 is 0 Å². The van der Waals surface area contributed by atoms with Crippen molar-refractivity contribution in [2.24, 2.45) is 0 Å². The van der Waals surface area contributed by atoms with E-state index in [0.717, 1.165) is 11.5 Å². The minimum Gasteiger partial charge on any atom is -0.169 e. The summed E-state index contributed by atoms with van der Waals surface area (Å²) in [6.45, 7) is 11.9. The van der Waals surface area contributed by atoms with Crippen molar-refractivity contribution in [3.63, 3.8) is 0 Å². The van der Waals surface area contributed by atoms with Gasteiger partial charge in [0.15, 0.2) is 0 Å². The molecule has 4 heteroatoms. The molecule has 0 radical (unpaired) electrons. The Hall–Kier alpha value is 1.40. The third-order valence-electron chi connectivity index (χ3n) is 12.4. The predicted octanol–water partition coefficient (Wildman–Crippen LogP) is 19.1. The minimum atomic E-state index is -3.15. The summed E-state index contributed by atoms with van der Waals surface area (Å²) in [6.07, 6.45) is 53.1. The van der Waals surface area contributed by atoms with Gasteiger partial charge in [-0.3, -0.25) is 0 Å². The molecule has 0 rings (SSSR count). The van der Waals surface area contributed by atoms with E-state index in [4.69, 9.17) is 35.0 Å². The number of hydrogen-bond donors (Lipinski definition) is 3. The van der Waals surface area contributed by atoms with E-state index in [1.165, 1.54) is 244 Å². The Morgan fingerprint density at radius 1 is 0.280 bits per heavy atom. The van der Waals surface area contributed by atoms with Crippen molar-refractivity contribution < 1.29 is 0 Å². The van der Waals surface area contributed by atoms with Crippen LogP contribution in [0.2, 0.25) is 0 Å². The molecule has 0 atom stereocenters. The molecule has 0 aliphatic carbocycles. The number of hydrogen-bond acceptors (Lipinski definition) is 3. The lowest BCUT2D eigenvalue weighted by Crippen LogP contribution is -2.45. The smallest absolute Gasteiger partial charge is 0.00475 e. The van der Waals surface area contributed by atoms with E-state index in [0.29, 0.717) is 0 Å². The quantitative estimate of drug-likeness (QED) is 0.0307. The van der Waals surface area contributed by atoms with Crippen molar-refractivity contribution in [1.29, 1.82) is 0 Å². The van der Waals surface area contributed by atoms with E-state index in [1.54, 1.807) is 0 Å². The molecule has 0 nitrogen and oxygen atoms in total. The fourth-order valence-corrected chi connectivity index (χ4v) is 15.2. The molecule has 0 aromatic carbocycles. The second kappa shape index (κ2) is 31.6. The summed E-state index contributed by atoms with van der Waals surface area (Å²) in [6, 6.07) is 0. The van der Waals surface area contributed by atoms with Crippen molar-refractivity contribution in [3.05, 3.63) is 0 Å². The molecule has 0 fully saturated rings. The van der Waals surface area contributed by atoms with Crippen molar-refractivity contribution in [3.8, 4) is 0 Å². The van der Waals surface area contributed by atoms with Crippen molar-refractivity contribution >= 4 is 40.4 Å². The van der Waals surface area contributed by atoms with E-state index < -0.39 is 5.39 Å². The predicted molar refractivity (Wildman–Crippen MR) is 251 cm³/mol. The highest BCUT2D eigenvalue weighted by molar-refractivity contribution is 9.57. The summed E-state index contributed by atoms with van der Waals surface area (Å²) in [4.78, 5) is 0. The van der Waals surface area contributed by atoms with Gasteiger partial charge in [0.2, 0.25) is 0 Å². The van der Waals surface area contributed by atoms with Crippen LogP contribution in [0.1, 0.15) is 279 Å². The van der Waals surface area contributed by atoms with Crippen LogP contribution in [0.4, 0.5) is 0 Å². The van der Waals surface area contributed by atoms with E-state index in [9.17, 15) is 0 Å². The van der Waals surface area contributed by atoms with Gasteiger partial charge in [0.1, 0.15) is 0 Å². The van der Waals surface area contributed by atoms with Crippen LogP contribution >= 0.6 is 40.4 Å². The van der Waals surface area contributed by atoms with Crippen molar-refractivity contribution in [1.82, 2.24) is 0 Å². The van der Waals surface area contributed by atoms with Gasteiger partial charge in [-0.15, -0.1) is 35.0 Å². The summed E-state index contributed by atoms with van der Waals surface area (Å²) in [5, 5.41) is -3.15. The largest absolute Gasteiger partial charge is 0.169 e. The van der Waals surface area contributed by atoms with E-state index in [2.05, 4.69) is 34.6 Å². The monoisotopic (exact) mass is 779 g/mol. The fourth-order valence-electron chi connectivity index (χ4n) is 8.13. The van der Waals surface area contributed by atoms with Gasteiger partial charge in [-0.2, -0.15) is 5.39 Å². The second-order valence-corrected chi connectivity index (χ2v) is 35.4. The van der Waals surface area contributed by atoms with Gasteiger partial charge in [-0.05, 0) is 30.8 Å². The molecule has 0 unspecified atom stereocenters. The number of unbranched alkanes of at least 4 members (excludes halogenated alkanes) is 34. The SMILES string of the molecule is CCCCCCCCCCCCCCCCS(S)(S)(S)(CCCCCCCCCCCCCC)C(C)(C)CCCCCCCCCCCCC. The van der Waals surface area contributed by atoms with Crippen LogP contribution in [0.3, 0.4) is 0 Å². The average Bonchev–Trinajstić information content (AvgIpc) is 3.07. The Labute approximate surface area is 333 Å². The van der Waals surface area contributed by atoms with Crippen LogP contribution in [-0.2, 0) is 0 Å². The lowest BCUT2D eigenvalue weighted by Gasteiger charge is -2.78. The van der Waals surface area contributed by atoms with E-state index >= 15 is 0 Å². The molecule has 50 heavy (non-hydrogen) atoms. The Balaban J connectivity index is 4.70. The Morgan fingerprint density at radius 3 is 0.680 bits per heavy atom. The van der Waals surface area contributed by atoms with Gasteiger partial charge in [0.25, 0.3) is 0 Å². The lowest BCUT2D eigenvalue weighted by molar-refractivity contribution is 0.519. The first-order chi connectivity index (χ1) is 24.0. The highest BCUT2D eigenvalue weighted by Crippen LogP contribution is 3.06. The third kappa shape index (κ3) is 26.2. The molecular formula is C46H98S4. The molecule has 0 aliphatic rings. The summed E-state index contributed by atoms with van der Waals surface area (Å²) in [7, 11) is 0. The van der Waals surface area contributed by atoms with Crippen LogP contribution in [-0.4, -0.2) is 16.3 Å². The van der Waals surface area contributed by atoms with Crippen LogP contribution in [0.5, 0.6) is 0 Å². The summed E-state index contributed by atoms with van der Waals surface area (Å²) >= 11 is 17.4.